The van der Waals surface area contributed by atoms with Crippen LogP contribution in [0.4, 0.5) is 4.39 Å². The molecule has 2 aliphatic rings. The fourth-order valence-electron chi connectivity index (χ4n) is 2.00. The molecule has 50 valence electrons. The van der Waals surface area contributed by atoms with Crippen molar-refractivity contribution in [2.45, 2.75) is 25.4 Å². The quantitative estimate of drug-likeness (QED) is 0.481. The first kappa shape index (κ1) is 5.39. The third-order valence-corrected chi connectivity index (χ3v) is 2.56. The molecule has 2 bridgehead atoms. The Bertz CT molecular complexity index is 151. The van der Waals surface area contributed by atoms with Crippen molar-refractivity contribution in [3.63, 3.8) is 0 Å². The molecular weight excluding hydrogens is 119 g/mol. The molecule has 0 N–H and O–H groups in total. The minimum absolute atomic E-state index is 0.0995. The molecule has 3 atom stereocenters. The summed E-state index contributed by atoms with van der Waals surface area (Å²) in [6.45, 7) is 0. The third kappa shape index (κ3) is 0.562. The fraction of sp³-hybridized carbons (Fsp3) is 0.857. The number of alkyl halides is 1. The second-order valence-corrected chi connectivity index (χ2v) is 3.07. The number of fused-ring (bicyclic) bond motifs is 2. The summed E-state index contributed by atoms with van der Waals surface area (Å²) in [6, 6.07) is 0. The summed E-state index contributed by atoms with van der Waals surface area (Å²) in [5.41, 5.74) is 0. The molecule has 0 unspecified atom stereocenters. The van der Waals surface area contributed by atoms with E-state index in [0.29, 0.717) is 0 Å². The maximum absolute atomic E-state index is 12.7. The summed E-state index contributed by atoms with van der Waals surface area (Å²) in [5, 5.41) is 0. The molecule has 0 amide bonds. The van der Waals surface area contributed by atoms with E-state index in [9.17, 15) is 9.18 Å². The predicted molar refractivity (Wildman–Crippen MR) is 30.7 cm³/mol. The van der Waals surface area contributed by atoms with E-state index in [-0.39, 0.29) is 17.6 Å². The summed E-state index contributed by atoms with van der Waals surface area (Å²) in [5.74, 6) is 0.0822. The van der Waals surface area contributed by atoms with Crippen molar-refractivity contribution in [3.8, 4) is 0 Å². The van der Waals surface area contributed by atoms with E-state index in [1.54, 1.807) is 0 Å². The average Bonchev–Trinajstić information content (AvgIpc) is 2.37. The Hall–Kier alpha value is -0.400. The van der Waals surface area contributed by atoms with Crippen LogP contribution in [0.2, 0.25) is 0 Å². The number of halogens is 1. The molecule has 0 spiro atoms. The van der Waals surface area contributed by atoms with E-state index < -0.39 is 6.17 Å². The van der Waals surface area contributed by atoms with Gasteiger partial charge in [0.2, 0.25) is 0 Å². The second-order valence-electron chi connectivity index (χ2n) is 3.07. The van der Waals surface area contributed by atoms with Crippen LogP contribution < -0.4 is 0 Å². The van der Waals surface area contributed by atoms with Gasteiger partial charge in [0.05, 0.1) is 0 Å². The van der Waals surface area contributed by atoms with E-state index >= 15 is 0 Å². The van der Waals surface area contributed by atoms with Crippen molar-refractivity contribution in [1.29, 1.82) is 0 Å². The number of hydrogen-bond acceptors (Lipinski definition) is 1. The maximum Gasteiger partial charge on any atom is 0.170 e. The Morgan fingerprint density at radius 2 is 2.22 bits per heavy atom. The Kier molecular flexibility index (Phi) is 0.930. The molecule has 1 nitrogen and oxygen atoms in total. The number of ketones is 1. The molecular formula is C7H9FO. The first-order valence-corrected chi connectivity index (χ1v) is 3.47. The maximum atomic E-state index is 12.7. The smallest absolute Gasteiger partial charge is 0.170 e. The summed E-state index contributed by atoms with van der Waals surface area (Å²) < 4.78 is 12.7. The summed E-state index contributed by atoms with van der Waals surface area (Å²) in [4.78, 5) is 10.8. The van der Waals surface area contributed by atoms with Gasteiger partial charge in [-0.15, -0.1) is 0 Å². The first-order valence-electron chi connectivity index (χ1n) is 3.47. The van der Waals surface area contributed by atoms with Gasteiger partial charge >= 0.3 is 0 Å². The highest BCUT2D eigenvalue weighted by Crippen LogP contribution is 2.43. The van der Waals surface area contributed by atoms with Gasteiger partial charge in [-0.05, 0) is 25.2 Å². The Labute approximate surface area is 53.2 Å². The second kappa shape index (κ2) is 1.55. The highest BCUT2D eigenvalue weighted by Gasteiger charge is 2.46. The largest absolute Gasteiger partial charge is 0.296 e. The highest BCUT2D eigenvalue weighted by molar-refractivity contribution is 5.88. The normalized spacial score (nSPS) is 48.6. The van der Waals surface area contributed by atoms with Crippen LogP contribution >= 0.6 is 0 Å². The molecule has 2 rings (SSSR count). The molecule has 0 aliphatic heterocycles. The van der Waals surface area contributed by atoms with Crippen molar-refractivity contribution in [3.05, 3.63) is 0 Å². The lowest BCUT2D eigenvalue weighted by Gasteiger charge is -2.10. The molecule has 9 heavy (non-hydrogen) atoms. The van der Waals surface area contributed by atoms with Gasteiger partial charge < -0.3 is 0 Å². The minimum Gasteiger partial charge on any atom is -0.296 e. The zero-order valence-corrected chi connectivity index (χ0v) is 5.14. The zero-order chi connectivity index (χ0) is 6.43. The molecule has 0 radical (unpaired) electrons. The number of carbonyl (C=O) groups is 1. The SMILES string of the molecule is O=C1[C@H]2CC[C@H](C2)[C@@H]1F. The first-order chi connectivity index (χ1) is 4.29. The van der Waals surface area contributed by atoms with Crippen molar-refractivity contribution in [2.24, 2.45) is 11.8 Å². The van der Waals surface area contributed by atoms with Crippen LogP contribution in [0.25, 0.3) is 0 Å². The lowest BCUT2D eigenvalue weighted by atomic mass is 9.98. The molecule has 0 saturated heterocycles. The van der Waals surface area contributed by atoms with Gasteiger partial charge in [0, 0.05) is 5.92 Å². The highest BCUT2D eigenvalue weighted by atomic mass is 19.1. The van der Waals surface area contributed by atoms with Crippen molar-refractivity contribution in [1.82, 2.24) is 0 Å². The number of hydrogen-bond donors (Lipinski definition) is 0. The summed E-state index contributed by atoms with van der Waals surface area (Å²) >= 11 is 0. The van der Waals surface area contributed by atoms with Crippen LogP contribution in [0.3, 0.4) is 0 Å². The van der Waals surface area contributed by atoms with Gasteiger partial charge in [-0.3, -0.25) is 4.79 Å². The van der Waals surface area contributed by atoms with Crippen LogP contribution in [-0.4, -0.2) is 12.0 Å². The van der Waals surface area contributed by atoms with E-state index in [1.807, 2.05) is 0 Å². The molecule has 0 aromatic heterocycles. The molecule has 0 heterocycles. The number of Topliss-reactive ketones (excluding diaryl/α,β-unsaturated/α-hetero) is 1. The summed E-state index contributed by atoms with van der Waals surface area (Å²) in [7, 11) is 0. The van der Waals surface area contributed by atoms with Crippen LogP contribution in [-0.2, 0) is 4.79 Å². The lowest BCUT2D eigenvalue weighted by molar-refractivity contribution is -0.126. The monoisotopic (exact) mass is 128 g/mol. The molecule has 0 aromatic rings. The van der Waals surface area contributed by atoms with Crippen molar-refractivity contribution in [2.75, 3.05) is 0 Å². The molecule has 2 aliphatic carbocycles. The zero-order valence-electron chi connectivity index (χ0n) is 5.14. The van der Waals surface area contributed by atoms with Crippen molar-refractivity contribution >= 4 is 5.78 Å². The van der Waals surface area contributed by atoms with E-state index in [2.05, 4.69) is 0 Å². The Balaban J connectivity index is 2.25. The Morgan fingerprint density at radius 3 is 2.56 bits per heavy atom. The van der Waals surface area contributed by atoms with Crippen LogP contribution in [0.1, 0.15) is 19.3 Å². The van der Waals surface area contributed by atoms with E-state index in [4.69, 9.17) is 0 Å². The van der Waals surface area contributed by atoms with Crippen LogP contribution in [0, 0.1) is 11.8 Å². The summed E-state index contributed by atoms with van der Waals surface area (Å²) in [6.07, 6.45) is 1.63. The van der Waals surface area contributed by atoms with E-state index in [1.165, 1.54) is 0 Å². The van der Waals surface area contributed by atoms with Gasteiger partial charge in [-0.2, -0.15) is 0 Å². The molecule has 2 fully saturated rings. The van der Waals surface area contributed by atoms with Gasteiger partial charge in [-0.1, -0.05) is 0 Å². The van der Waals surface area contributed by atoms with Crippen LogP contribution in [0.15, 0.2) is 0 Å². The molecule has 2 heteroatoms. The van der Waals surface area contributed by atoms with Crippen molar-refractivity contribution < 1.29 is 9.18 Å². The van der Waals surface area contributed by atoms with E-state index in [0.717, 1.165) is 19.3 Å². The third-order valence-electron chi connectivity index (χ3n) is 2.56. The predicted octanol–water partition coefficient (Wildman–Crippen LogP) is 1.32. The minimum atomic E-state index is -1.09. The number of rotatable bonds is 0. The average molecular weight is 128 g/mol. The van der Waals surface area contributed by atoms with Gasteiger partial charge in [0.1, 0.15) is 0 Å². The Morgan fingerprint density at radius 1 is 1.44 bits per heavy atom. The lowest BCUT2D eigenvalue weighted by Crippen LogP contribution is -2.22. The fourth-order valence-corrected chi connectivity index (χ4v) is 2.00. The van der Waals surface area contributed by atoms with Gasteiger partial charge in [-0.25, -0.2) is 4.39 Å². The van der Waals surface area contributed by atoms with Gasteiger partial charge in [0.15, 0.2) is 12.0 Å². The standard InChI is InChI=1S/C7H9FO/c8-6-4-1-2-5(3-4)7(6)9/h4-6H,1-3H2/t4-,5+,6+/m1/s1. The molecule has 0 aromatic carbocycles. The molecule has 2 saturated carbocycles. The van der Waals surface area contributed by atoms with Gasteiger partial charge in [0.25, 0.3) is 0 Å². The van der Waals surface area contributed by atoms with Crippen LogP contribution in [0.5, 0.6) is 0 Å². The number of carbonyl (C=O) groups excluding carboxylic acids is 1. The topological polar surface area (TPSA) is 17.1 Å².